The number of nitrogens with one attached hydrogen (secondary N) is 1. The molecule has 19 heavy (non-hydrogen) atoms. The van der Waals surface area contributed by atoms with Crippen LogP contribution in [0.4, 0.5) is 0 Å². The average Bonchev–Trinajstić information content (AvgIpc) is 2.84. The lowest BCUT2D eigenvalue weighted by molar-refractivity contribution is 0.0995. The van der Waals surface area contributed by atoms with Gasteiger partial charge in [-0.2, -0.15) is 4.37 Å². The van der Waals surface area contributed by atoms with Gasteiger partial charge < -0.3 is 11.1 Å². The van der Waals surface area contributed by atoms with Crippen molar-refractivity contribution in [3.63, 3.8) is 0 Å². The molecule has 3 rings (SSSR count). The molecule has 5 nitrogen and oxygen atoms in total. The Hall–Kier alpha value is -1.79. The second-order valence-corrected chi connectivity index (χ2v) is 5.41. The molecular weight excluding hydrogens is 260 g/mol. The lowest BCUT2D eigenvalue weighted by atomic mass is 9.98. The van der Waals surface area contributed by atoms with Crippen LogP contribution < -0.4 is 11.1 Å². The Kier molecular flexibility index (Phi) is 3.04. The summed E-state index contributed by atoms with van der Waals surface area (Å²) in [6.07, 6.45) is 0.910. The summed E-state index contributed by atoms with van der Waals surface area (Å²) in [7, 11) is 0. The number of nitrogens with zero attached hydrogens (tertiary/aromatic N) is 2. The van der Waals surface area contributed by atoms with E-state index in [1.165, 1.54) is 17.1 Å². The lowest BCUT2D eigenvalue weighted by Gasteiger charge is -2.19. The number of aryl methyl sites for hydroxylation is 1. The Morgan fingerprint density at radius 1 is 1.47 bits per heavy atom. The van der Waals surface area contributed by atoms with Crippen LogP contribution in [0.25, 0.3) is 10.4 Å². The first-order valence-electron chi connectivity index (χ1n) is 6.12. The molecule has 0 saturated carbocycles. The predicted molar refractivity (Wildman–Crippen MR) is 74.0 cm³/mol. The molecule has 0 aromatic carbocycles. The van der Waals surface area contributed by atoms with E-state index >= 15 is 0 Å². The lowest BCUT2D eigenvalue weighted by Crippen LogP contribution is -2.27. The fraction of sp³-hybridized carbons (Fsp3) is 0.308. The van der Waals surface area contributed by atoms with Crippen molar-refractivity contribution >= 4 is 17.4 Å². The second-order valence-electron chi connectivity index (χ2n) is 4.60. The molecule has 0 bridgehead atoms. The molecule has 2 aromatic heterocycles. The van der Waals surface area contributed by atoms with Gasteiger partial charge in [-0.25, -0.2) is 4.98 Å². The Balaban J connectivity index is 2.20. The van der Waals surface area contributed by atoms with Gasteiger partial charge in [0.2, 0.25) is 0 Å². The molecule has 2 aromatic rings. The van der Waals surface area contributed by atoms with Crippen LogP contribution >= 0.6 is 11.5 Å². The highest BCUT2D eigenvalue weighted by Crippen LogP contribution is 2.31. The molecule has 0 unspecified atom stereocenters. The highest BCUT2D eigenvalue weighted by molar-refractivity contribution is 7.09. The van der Waals surface area contributed by atoms with Crippen molar-refractivity contribution in [1.29, 1.82) is 0 Å². The first-order chi connectivity index (χ1) is 9.15. The number of hydrogen-bond acceptors (Lipinski definition) is 5. The van der Waals surface area contributed by atoms with Crippen LogP contribution in [0.15, 0.2) is 12.1 Å². The van der Waals surface area contributed by atoms with Gasteiger partial charge in [-0.1, -0.05) is 0 Å². The van der Waals surface area contributed by atoms with Crippen molar-refractivity contribution < 1.29 is 4.79 Å². The highest BCUT2D eigenvalue weighted by atomic mass is 32.1. The van der Waals surface area contributed by atoms with E-state index in [0.717, 1.165) is 34.8 Å². The minimum Gasteiger partial charge on any atom is -0.364 e. The van der Waals surface area contributed by atoms with Gasteiger partial charge >= 0.3 is 0 Å². The van der Waals surface area contributed by atoms with Crippen molar-refractivity contribution in [2.45, 2.75) is 19.9 Å². The number of primary amides is 1. The molecule has 0 atom stereocenters. The maximum Gasteiger partial charge on any atom is 0.267 e. The Morgan fingerprint density at radius 3 is 3.00 bits per heavy atom. The average molecular weight is 274 g/mol. The van der Waals surface area contributed by atoms with E-state index in [9.17, 15) is 4.79 Å². The Morgan fingerprint density at radius 2 is 2.32 bits per heavy atom. The summed E-state index contributed by atoms with van der Waals surface area (Å²) in [6, 6.07) is 3.83. The standard InChI is InChI=1S/C13H14N4OS/c1-7-4-12(19-17-7)9-5-10(13(14)18)16-11-6-15-3-2-8(9)11/h4-5,15H,2-3,6H2,1H3,(H2,14,18). The first kappa shape index (κ1) is 12.3. The summed E-state index contributed by atoms with van der Waals surface area (Å²) in [5.74, 6) is -0.490. The fourth-order valence-corrected chi connectivity index (χ4v) is 3.11. The number of nitrogens with two attached hydrogens (primary N) is 1. The van der Waals surface area contributed by atoms with Crippen LogP contribution in [-0.4, -0.2) is 21.8 Å². The Bertz CT molecular complexity index is 650. The molecule has 0 spiro atoms. The summed E-state index contributed by atoms with van der Waals surface area (Å²) in [6.45, 7) is 3.57. The SMILES string of the molecule is Cc1cc(-c2cc(C(N)=O)nc3c2CCNC3)sn1. The summed E-state index contributed by atoms with van der Waals surface area (Å²) < 4.78 is 4.31. The number of hydrogen-bond donors (Lipinski definition) is 2. The number of carbonyl (C=O) groups is 1. The largest absolute Gasteiger partial charge is 0.364 e. The van der Waals surface area contributed by atoms with Crippen molar-refractivity contribution in [1.82, 2.24) is 14.7 Å². The minimum absolute atomic E-state index is 0.323. The van der Waals surface area contributed by atoms with E-state index in [0.29, 0.717) is 12.2 Å². The summed E-state index contributed by atoms with van der Waals surface area (Å²) in [4.78, 5) is 16.8. The van der Waals surface area contributed by atoms with Crippen molar-refractivity contribution in [2.24, 2.45) is 5.73 Å². The third kappa shape index (κ3) is 2.24. The molecule has 0 aliphatic carbocycles. The van der Waals surface area contributed by atoms with E-state index < -0.39 is 5.91 Å². The number of rotatable bonds is 2. The monoisotopic (exact) mass is 274 g/mol. The van der Waals surface area contributed by atoms with Gasteiger partial charge in [-0.15, -0.1) is 0 Å². The smallest absolute Gasteiger partial charge is 0.267 e. The molecule has 3 heterocycles. The number of carbonyl (C=O) groups excluding carboxylic acids is 1. The predicted octanol–water partition coefficient (Wildman–Crippen LogP) is 1.26. The normalized spacial score (nSPS) is 14.2. The molecule has 1 aliphatic rings. The molecular formula is C13H14N4OS. The summed E-state index contributed by atoms with van der Waals surface area (Å²) in [5.41, 5.74) is 9.84. The number of aromatic nitrogens is 2. The quantitative estimate of drug-likeness (QED) is 0.864. The maximum atomic E-state index is 11.4. The third-order valence-electron chi connectivity index (χ3n) is 3.20. The van der Waals surface area contributed by atoms with Crippen LogP contribution in [0.2, 0.25) is 0 Å². The Labute approximate surface area is 115 Å². The fourth-order valence-electron chi connectivity index (χ4n) is 2.31. The molecule has 98 valence electrons. The van der Waals surface area contributed by atoms with Crippen LogP contribution in [0.1, 0.15) is 27.4 Å². The van der Waals surface area contributed by atoms with E-state index in [1.54, 1.807) is 6.07 Å². The van der Waals surface area contributed by atoms with Gasteiger partial charge in [-0.3, -0.25) is 4.79 Å². The molecule has 1 amide bonds. The van der Waals surface area contributed by atoms with E-state index in [1.807, 2.05) is 13.0 Å². The zero-order valence-corrected chi connectivity index (χ0v) is 11.4. The molecule has 0 saturated heterocycles. The third-order valence-corrected chi connectivity index (χ3v) is 4.11. The zero-order valence-electron chi connectivity index (χ0n) is 10.6. The van der Waals surface area contributed by atoms with Gasteiger partial charge in [0.25, 0.3) is 5.91 Å². The van der Waals surface area contributed by atoms with Crippen LogP contribution in [-0.2, 0) is 13.0 Å². The van der Waals surface area contributed by atoms with Gasteiger partial charge in [0.05, 0.1) is 16.3 Å². The number of fused-ring (bicyclic) bond motifs is 1. The van der Waals surface area contributed by atoms with Crippen LogP contribution in [0, 0.1) is 6.92 Å². The van der Waals surface area contributed by atoms with E-state index in [-0.39, 0.29) is 0 Å². The van der Waals surface area contributed by atoms with Crippen LogP contribution in [0.3, 0.4) is 0 Å². The van der Waals surface area contributed by atoms with E-state index in [2.05, 4.69) is 14.7 Å². The summed E-state index contributed by atoms with van der Waals surface area (Å²) >= 11 is 1.45. The molecule has 1 aliphatic heterocycles. The molecule has 3 N–H and O–H groups in total. The van der Waals surface area contributed by atoms with Crippen molar-refractivity contribution in [3.05, 3.63) is 34.8 Å². The highest BCUT2D eigenvalue weighted by Gasteiger charge is 2.19. The minimum atomic E-state index is -0.490. The zero-order chi connectivity index (χ0) is 13.4. The molecule has 0 radical (unpaired) electrons. The molecule has 6 heteroatoms. The number of amides is 1. The maximum absolute atomic E-state index is 11.4. The second kappa shape index (κ2) is 4.71. The van der Waals surface area contributed by atoms with Gasteiger partial charge in [0.1, 0.15) is 5.69 Å². The van der Waals surface area contributed by atoms with E-state index in [4.69, 9.17) is 5.73 Å². The summed E-state index contributed by atoms with van der Waals surface area (Å²) in [5, 5.41) is 3.26. The first-order valence-corrected chi connectivity index (χ1v) is 6.89. The topological polar surface area (TPSA) is 80.9 Å². The van der Waals surface area contributed by atoms with Gasteiger partial charge in [0, 0.05) is 12.1 Å². The van der Waals surface area contributed by atoms with Crippen molar-refractivity contribution in [3.8, 4) is 10.4 Å². The number of pyridine rings is 1. The van der Waals surface area contributed by atoms with Crippen molar-refractivity contribution in [2.75, 3.05) is 6.54 Å². The molecule has 0 fully saturated rings. The van der Waals surface area contributed by atoms with Gasteiger partial charge in [-0.05, 0) is 49.1 Å². The van der Waals surface area contributed by atoms with Crippen LogP contribution in [0.5, 0.6) is 0 Å². The van der Waals surface area contributed by atoms with Gasteiger partial charge in [0.15, 0.2) is 0 Å².